The van der Waals surface area contributed by atoms with Gasteiger partial charge in [0.1, 0.15) is 0 Å². The highest BCUT2D eigenvalue weighted by Gasteiger charge is 2.35. The van der Waals surface area contributed by atoms with Crippen molar-refractivity contribution in [1.29, 1.82) is 0 Å². The zero-order chi connectivity index (χ0) is 16.4. The molecule has 6 heteroatoms. The van der Waals surface area contributed by atoms with Crippen molar-refractivity contribution in [3.8, 4) is 0 Å². The van der Waals surface area contributed by atoms with E-state index >= 15 is 0 Å². The van der Waals surface area contributed by atoms with Crippen LogP contribution in [0.4, 0.5) is 0 Å². The van der Waals surface area contributed by atoms with Gasteiger partial charge in [-0.1, -0.05) is 6.92 Å². The zero-order valence-electron chi connectivity index (χ0n) is 13.1. The first-order valence-corrected chi connectivity index (χ1v) is 8.02. The summed E-state index contributed by atoms with van der Waals surface area (Å²) in [7, 11) is 0. The predicted octanol–water partition coefficient (Wildman–Crippen LogP) is 1.60. The molecule has 23 heavy (non-hydrogen) atoms. The summed E-state index contributed by atoms with van der Waals surface area (Å²) >= 11 is 0. The van der Waals surface area contributed by atoms with Crippen LogP contribution in [-0.2, 0) is 4.74 Å². The number of hydrogen-bond donors (Lipinski definition) is 1. The number of nitrogens with zero attached hydrogens (tertiary/aromatic N) is 1. The summed E-state index contributed by atoms with van der Waals surface area (Å²) in [5.74, 6) is -0.851. The molecule has 1 saturated heterocycles. The summed E-state index contributed by atoms with van der Waals surface area (Å²) in [6.45, 7) is 3.51. The van der Waals surface area contributed by atoms with Gasteiger partial charge in [0, 0.05) is 25.3 Å². The molecule has 1 aromatic rings. The smallest absolute Gasteiger partial charge is 0.261 e. The number of nitrogens with one attached hydrogen (secondary N) is 1. The van der Waals surface area contributed by atoms with E-state index in [0.717, 1.165) is 19.4 Å². The van der Waals surface area contributed by atoms with Gasteiger partial charge in [-0.25, -0.2) is 0 Å². The summed E-state index contributed by atoms with van der Waals surface area (Å²) in [4.78, 5) is 37.9. The van der Waals surface area contributed by atoms with Gasteiger partial charge in [0.25, 0.3) is 17.7 Å². The summed E-state index contributed by atoms with van der Waals surface area (Å²) in [5, 5.41) is 2.82. The van der Waals surface area contributed by atoms with Crippen molar-refractivity contribution in [2.24, 2.45) is 0 Å². The first-order chi connectivity index (χ1) is 11.1. The highest BCUT2D eigenvalue weighted by atomic mass is 16.5. The number of carbonyl (C=O) groups is 3. The van der Waals surface area contributed by atoms with E-state index in [2.05, 4.69) is 5.32 Å². The van der Waals surface area contributed by atoms with Gasteiger partial charge in [-0.05, 0) is 37.5 Å². The first kappa shape index (κ1) is 15.7. The molecule has 2 heterocycles. The molecule has 3 amide bonds. The lowest BCUT2D eigenvalue weighted by atomic mass is 10.1. The first-order valence-electron chi connectivity index (χ1n) is 8.02. The summed E-state index contributed by atoms with van der Waals surface area (Å²) in [6, 6.07) is 4.66. The summed E-state index contributed by atoms with van der Waals surface area (Å²) < 4.78 is 5.47. The third-order valence-electron chi connectivity index (χ3n) is 4.19. The van der Waals surface area contributed by atoms with E-state index in [9.17, 15) is 14.4 Å². The van der Waals surface area contributed by atoms with E-state index in [0.29, 0.717) is 36.2 Å². The van der Waals surface area contributed by atoms with Crippen LogP contribution in [0.2, 0.25) is 0 Å². The lowest BCUT2D eigenvalue weighted by Crippen LogP contribution is -2.32. The van der Waals surface area contributed by atoms with Crippen LogP contribution in [-0.4, -0.2) is 48.4 Å². The SMILES string of the molecule is CCCN1C(=O)c2ccc(C(=O)NCC3CCCO3)cc2C1=O. The van der Waals surface area contributed by atoms with Gasteiger partial charge in [-0.15, -0.1) is 0 Å². The lowest BCUT2D eigenvalue weighted by Gasteiger charge is -2.11. The molecular formula is C17H20N2O4. The van der Waals surface area contributed by atoms with Crippen molar-refractivity contribution in [3.63, 3.8) is 0 Å². The molecule has 0 aliphatic carbocycles. The maximum Gasteiger partial charge on any atom is 0.261 e. The molecule has 1 aromatic carbocycles. The fraction of sp³-hybridized carbons (Fsp3) is 0.471. The van der Waals surface area contributed by atoms with E-state index < -0.39 is 0 Å². The number of hydrogen-bond acceptors (Lipinski definition) is 4. The third kappa shape index (κ3) is 2.99. The van der Waals surface area contributed by atoms with Gasteiger partial charge >= 0.3 is 0 Å². The van der Waals surface area contributed by atoms with Crippen LogP contribution < -0.4 is 5.32 Å². The number of rotatable bonds is 5. The number of benzene rings is 1. The molecule has 1 fully saturated rings. The van der Waals surface area contributed by atoms with Crippen LogP contribution in [0.5, 0.6) is 0 Å². The van der Waals surface area contributed by atoms with Gasteiger partial charge in [0.2, 0.25) is 0 Å². The van der Waals surface area contributed by atoms with Crippen molar-refractivity contribution in [3.05, 3.63) is 34.9 Å². The zero-order valence-corrected chi connectivity index (χ0v) is 13.1. The highest BCUT2D eigenvalue weighted by Crippen LogP contribution is 2.24. The molecule has 0 spiro atoms. The van der Waals surface area contributed by atoms with Crippen LogP contribution >= 0.6 is 0 Å². The average molecular weight is 316 g/mol. The Labute approximate surface area is 134 Å². The molecule has 2 aliphatic rings. The average Bonchev–Trinajstić information content (AvgIpc) is 3.16. The fourth-order valence-corrected chi connectivity index (χ4v) is 2.97. The molecule has 2 aliphatic heterocycles. The molecule has 6 nitrogen and oxygen atoms in total. The van der Waals surface area contributed by atoms with Gasteiger partial charge < -0.3 is 10.1 Å². The molecule has 1 N–H and O–H groups in total. The Morgan fingerprint density at radius 1 is 1.30 bits per heavy atom. The fourth-order valence-electron chi connectivity index (χ4n) is 2.97. The van der Waals surface area contributed by atoms with Crippen LogP contribution in [0.25, 0.3) is 0 Å². The minimum atomic E-state index is -0.319. The number of amides is 3. The Morgan fingerprint density at radius 3 is 2.78 bits per heavy atom. The Balaban J connectivity index is 1.72. The van der Waals surface area contributed by atoms with Crippen molar-refractivity contribution in [1.82, 2.24) is 10.2 Å². The van der Waals surface area contributed by atoms with E-state index in [1.165, 1.54) is 11.0 Å². The second-order valence-electron chi connectivity index (χ2n) is 5.87. The molecule has 0 bridgehead atoms. The summed E-state index contributed by atoms with van der Waals surface area (Å²) in [5.41, 5.74) is 1.08. The molecule has 3 rings (SSSR count). The number of imide groups is 1. The van der Waals surface area contributed by atoms with E-state index in [4.69, 9.17) is 4.74 Å². The van der Waals surface area contributed by atoms with Gasteiger partial charge in [-0.2, -0.15) is 0 Å². The highest BCUT2D eigenvalue weighted by molar-refractivity contribution is 6.22. The Kier molecular flexibility index (Phi) is 4.43. The number of ether oxygens (including phenoxy) is 1. The van der Waals surface area contributed by atoms with Crippen molar-refractivity contribution >= 4 is 17.7 Å². The topological polar surface area (TPSA) is 75.7 Å². The third-order valence-corrected chi connectivity index (χ3v) is 4.19. The van der Waals surface area contributed by atoms with Crippen LogP contribution in [0.3, 0.4) is 0 Å². The summed E-state index contributed by atoms with van der Waals surface area (Å²) in [6.07, 6.45) is 2.74. The predicted molar refractivity (Wildman–Crippen MR) is 83.4 cm³/mol. The van der Waals surface area contributed by atoms with E-state index in [1.54, 1.807) is 12.1 Å². The second kappa shape index (κ2) is 6.50. The van der Waals surface area contributed by atoms with Gasteiger partial charge in [0.05, 0.1) is 17.2 Å². The minimum Gasteiger partial charge on any atom is -0.376 e. The van der Waals surface area contributed by atoms with Gasteiger partial charge in [-0.3, -0.25) is 19.3 Å². The van der Waals surface area contributed by atoms with Crippen LogP contribution in [0.15, 0.2) is 18.2 Å². The van der Waals surface area contributed by atoms with E-state index in [1.807, 2.05) is 6.92 Å². The largest absolute Gasteiger partial charge is 0.376 e. The Morgan fingerprint density at radius 2 is 2.09 bits per heavy atom. The normalized spacial score (nSPS) is 20.0. The maximum absolute atomic E-state index is 12.3. The van der Waals surface area contributed by atoms with Crippen molar-refractivity contribution < 1.29 is 19.1 Å². The number of fused-ring (bicyclic) bond motifs is 1. The lowest BCUT2D eigenvalue weighted by molar-refractivity contribution is 0.0654. The van der Waals surface area contributed by atoms with Crippen molar-refractivity contribution in [2.45, 2.75) is 32.3 Å². The quantitative estimate of drug-likeness (QED) is 0.837. The standard InChI is InChI=1S/C17H20N2O4/c1-2-7-19-16(21)13-6-5-11(9-14(13)17(19)22)15(20)18-10-12-4-3-8-23-12/h5-6,9,12H,2-4,7-8,10H2,1H3,(H,18,20). The molecule has 1 unspecified atom stereocenters. The van der Waals surface area contributed by atoms with Crippen LogP contribution in [0, 0.1) is 0 Å². The maximum atomic E-state index is 12.3. The molecule has 1 atom stereocenters. The molecule has 122 valence electrons. The molecule has 0 radical (unpaired) electrons. The molecular weight excluding hydrogens is 296 g/mol. The van der Waals surface area contributed by atoms with Crippen LogP contribution in [0.1, 0.15) is 57.3 Å². The van der Waals surface area contributed by atoms with Gasteiger partial charge in [0.15, 0.2) is 0 Å². The Hall–Kier alpha value is -2.21. The molecule has 0 saturated carbocycles. The minimum absolute atomic E-state index is 0.0663. The van der Waals surface area contributed by atoms with Crippen molar-refractivity contribution in [2.75, 3.05) is 19.7 Å². The Bertz CT molecular complexity index is 650. The second-order valence-corrected chi connectivity index (χ2v) is 5.87. The monoisotopic (exact) mass is 316 g/mol. The number of carbonyl (C=O) groups excluding carboxylic acids is 3. The molecule has 0 aromatic heterocycles. The van der Waals surface area contributed by atoms with E-state index in [-0.39, 0.29) is 23.8 Å².